The molecule has 2 aliphatic rings. The van der Waals surface area contributed by atoms with Gasteiger partial charge in [0.2, 0.25) is 0 Å². The number of fused-ring (bicyclic) bond motifs is 4. The zero-order chi connectivity index (χ0) is 24.2. The van der Waals surface area contributed by atoms with Crippen molar-refractivity contribution in [2.75, 3.05) is 0 Å². The minimum Gasteiger partial charge on any atom is -0.478 e. The summed E-state index contributed by atoms with van der Waals surface area (Å²) in [4.78, 5) is 26.3. The van der Waals surface area contributed by atoms with Crippen molar-refractivity contribution in [2.24, 2.45) is 0 Å². The zero-order valence-electron chi connectivity index (χ0n) is 18.6. The third-order valence-electron chi connectivity index (χ3n) is 7.00. The van der Waals surface area contributed by atoms with Crippen molar-refractivity contribution in [3.05, 3.63) is 154 Å². The van der Waals surface area contributed by atoms with E-state index in [2.05, 4.69) is 0 Å². The molecule has 6 rings (SSSR count). The third-order valence-corrected chi connectivity index (χ3v) is 7.00. The van der Waals surface area contributed by atoms with E-state index >= 15 is 0 Å². The van der Waals surface area contributed by atoms with Crippen LogP contribution < -0.4 is 0 Å². The van der Waals surface area contributed by atoms with Crippen LogP contribution in [0, 0.1) is 0 Å². The number of aliphatic carboxylic acids is 2. The Morgan fingerprint density at radius 2 is 0.829 bits per heavy atom. The molecule has 0 aromatic heterocycles. The Hall–Kier alpha value is -4.70. The molecule has 1 spiro atoms. The fraction of sp³-hybridized carbons (Fsp3) is 0.0323. The Labute approximate surface area is 202 Å². The SMILES string of the molecule is O=C(O)C1=C(c2ccccc2)c2ccccc2C12C(C(=O)O)=C(c1ccccc1)c1ccccc12. The highest BCUT2D eigenvalue weighted by atomic mass is 16.4. The van der Waals surface area contributed by atoms with Crippen molar-refractivity contribution < 1.29 is 19.8 Å². The minimum absolute atomic E-state index is 0.0701. The van der Waals surface area contributed by atoms with E-state index in [0.717, 1.165) is 22.3 Å². The van der Waals surface area contributed by atoms with Gasteiger partial charge in [0, 0.05) is 11.1 Å². The van der Waals surface area contributed by atoms with Crippen molar-refractivity contribution in [1.29, 1.82) is 0 Å². The molecule has 2 aliphatic carbocycles. The Balaban J connectivity index is 1.86. The molecule has 0 saturated heterocycles. The van der Waals surface area contributed by atoms with E-state index in [0.29, 0.717) is 22.3 Å². The summed E-state index contributed by atoms with van der Waals surface area (Å²) >= 11 is 0. The van der Waals surface area contributed by atoms with Gasteiger partial charge in [0.1, 0.15) is 0 Å². The molecule has 2 N–H and O–H groups in total. The predicted octanol–water partition coefficient (Wildman–Crippen LogP) is 5.77. The molecule has 168 valence electrons. The largest absolute Gasteiger partial charge is 0.478 e. The molecule has 4 aromatic carbocycles. The van der Waals surface area contributed by atoms with Crippen LogP contribution in [0.25, 0.3) is 11.1 Å². The van der Waals surface area contributed by atoms with Crippen LogP contribution in [0.2, 0.25) is 0 Å². The summed E-state index contributed by atoms with van der Waals surface area (Å²) in [5.74, 6) is -2.27. The molecule has 0 unspecified atom stereocenters. The van der Waals surface area contributed by atoms with Crippen LogP contribution in [0.4, 0.5) is 0 Å². The van der Waals surface area contributed by atoms with E-state index in [9.17, 15) is 19.8 Å². The lowest BCUT2D eigenvalue weighted by molar-refractivity contribution is -0.133. The van der Waals surface area contributed by atoms with E-state index in [1.54, 1.807) is 0 Å². The van der Waals surface area contributed by atoms with Crippen LogP contribution in [0.3, 0.4) is 0 Å². The van der Waals surface area contributed by atoms with E-state index in [1.807, 2.05) is 109 Å². The highest BCUT2D eigenvalue weighted by Gasteiger charge is 2.59. The van der Waals surface area contributed by atoms with Gasteiger partial charge < -0.3 is 10.2 Å². The first-order valence-corrected chi connectivity index (χ1v) is 11.3. The number of carbonyl (C=O) groups is 2. The number of benzene rings is 4. The van der Waals surface area contributed by atoms with Crippen LogP contribution in [-0.4, -0.2) is 22.2 Å². The standard InChI is InChI=1S/C31H20O4/c32-29(33)27-25(19-11-3-1-4-12-19)21-15-7-9-17-23(21)31(27)24-18-10-8-16-22(24)26(28(31)30(34)35)20-13-5-2-6-14-20/h1-18H,(H,32,33)(H,34,35). The Morgan fingerprint density at radius 3 is 1.20 bits per heavy atom. The first-order chi connectivity index (χ1) is 17.1. The van der Waals surface area contributed by atoms with Crippen molar-refractivity contribution in [3.8, 4) is 0 Å². The predicted molar refractivity (Wildman–Crippen MR) is 134 cm³/mol. The topological polar surface area (TPSA) is 74.6 Å². The summed E-state index contributed by atoms with van der Waals surface area (Å²) in [6, 6.07) is 33.6. The van der Waals surface area contributed by atoms with E-state index in [4.69, 9.17) is 0 Å². The average Bonchev–Trinajstić information content (AvgIpc) is 3.37. The molecule has 0 bridgehead atoms. The molecular weight excluding hydrogens is 436 g/mol. The summed E-state index contributed by atoms with van der Waals surface area (Å²) in [7, 11) is 0. The van der Waals surface area contributed by atoms with Gasteiger partial charge >= 0.3 is 11.9 Å². The zero-order valence-corrected chi connectivity index (χ0v) is 18.6. The maximum atomic E-state index is 13.2. The minimum atomic E-state index is -1.46. The van der Waals surface area contributed by atoms with E-state index in [-0.39, 0.29) is 11.1 Å². The number of hydrogen-bond donors (Lipinski definition) is 2. The highest BCUT2D eigenvalue weighted by molar-refractivity contribution is 6.18. The highest BCUT2D eigenvalue weighted by Crippen LogP contribution is 2.62. The van der Waals surface area contributed by atoms with Gasteiger partial charge in [0.15, 0.2) is 0 Å². The summed E-state index contributed by atoms with van der Waals surface area (Å²) in [5, 5.41) is 21.5. The van der Waals surface area contributed by atoms with Gasteiger partial charge in [-0.05, 0) is 33.4 Å². The second-order valence-electron chi connectivity index (χ2n) is 8.68. The monoisotopic (exact) mass is 456 g/mol. The Bertz CT molecular complexity index is 1460. The molecule has 35 heavy (non-hydrogen) atoms. The van der Waals surface area contributed by atoms with Crippen molar-refractivity contribution in [3.63, 3.8) is 0 Å². The second kappa shape index (κ2) is 7.67. The molecule has 0 radical (unpaired) electrons. The summed E-state index contributed by atoms with van der Waals surface area (Å²) in [5.41, 5.74) is 4.09. The molecule has 4 nitrogen and oxygen atoms in total. The van der Waals surface area contributed by atoms with Gasteiger partial charge in [0.05, 0.1) is 16.6 Å². The van der Waals surface area contributed by atoms with Crippen LogP contribution in [0.15, 0.2) is 120 Å². The molecule has 0 amide bonds. The maximum absolute atomic E-state index is 13.2. The fourth-order valence-corrected chi connectivity index (χ4v) is 5.85. The Morgan fingerprint density at radius 1 is 0.486 bits per heavy atom. The smallest absolute Gasteiger partial charge is 0.333 e. The van der Waals surface area contributed by atoms with Gasteiger partial charge in [-0.3, -0.25) is 0 Å². The van der Waals surface area contributed by atoms with E-state index in [1.165, 1.54) is 0 Å². The molecule has 4 heteroatoms. The Kier molecular flexibility index (Phi) is 4.58. The number of hydrogen-bond acceptors (Lipinski definition) is 2. The van der Waals surface area contributed by atoms with Gasteiger partial charge in [-0.1, -0.05) is 109 Å². The van der Waals surface area contributed by atoms with Crippen LogP contribution >= 0.6 is 0 Å². The van der Waals surface area contributed by atoms with Crippen molar-refractivity contribution >= 4 is 23.1 Å². The van der Waals surface area contributed by atoms with Gasteiger partial charge in [0.25, 0.3) is 0 Å². The number of carboxylic acid groups (broad SMARTS) is 2. The lowest BCUT2D eigenvalue weighted by Crippen LogP contribution is -2.35. The van der Waals surface area contributed by atoms with Crippen molar-refractivity contribution in [2.45, 2.75) is 5.41 Å². The number of carboxylic acids is 2. The van der Waals surface area contributed by atoms with Crippen LogP contribution in [0.1, 0.15) is 33.4 Å². The van der Waals surface area contributed by atoms with Gasteiger partial charge in [-0.15, -0.1) is 0 Å². The average molecular weight is 456 g/mol. The van der Waals surface area contributed by atoms with Crippen LogP contribution in [-0.2, 0) is 15.0 Å². The number of rotatable bonds is 4. The maximum Gasteiger partial charge on any atom is 0.333 e. The molecular formula is C31H20O4. The molecule has 0 aliphatic heterocycles. The van der Waals surface area contributed by atoms with Gasteiger partial charge in [-0.25, -0.2) is 9.59 Å². The molecule has 0 fully saturated rings. The van der Waals surface area contributed by atoms with E-state index < -0.39 is 17.4 Å². The first-order valence-electron chi connectivity index (χ1n) is 11.3. The molecule has 0 atom stereocenters. The summed E-state index contributed by atoms with van der Waals surface area (Å²) < 4.78 is 0. The quantitative estimate of drug-likeness (QED) is 0.409. The van der Waals surface area contributed by atoms with Crippen LogP contribution in [0.5, 0.6) is 0 Å². The van der Waals surface area contributed by atoms with Gasteiger partial charge in [-0.2, -0.15) is 0 Å². The molecule has 0 heterocycles. The lowest BCUT2D eigenvalue weighted by Gasteiger charge is -2.31. The summed E-state index contributed by atoms with van der Waals surface area (Å²) in [6.07, 6.45) is 0. The second-order valence-corrected chi connectivity index (χ2v) is 8.68. The third kappa shape index (κ3) is 2.74. The lowest BCUT2D eigenvalue weighted by atomic mass is 9.68. The first kappa shape index (κ1) is 20.9. The fourth-order valence-electron chi connectivity index (χ4n) is 5.85. The molecule has 0 saturated carbocycles. The normalized spacial score (nSPS) is 15.3. The summed E-state index contributed by atoms with van der Waals surface area (Å²) in [6.45, 7) is 0. The molecule has 4 aromatic rings. The van der Waals surface area contributed by atoms with Crippen molar-refractivity contribution in [1.82, 2.24) is 0 Å².